The Labute approximate surface area is 154 Å². The molecule has 0 spiro atoms. The van der Waals surface area contributed by atoms with Gasteiger partial charge in [-0.25, -0.2) is 8.42 Å². The van der Waals surface area contributed by atoms with Gasteiger partial charge in [-0.1, -0.05) is 6.07 Å². The van der Waals surface area contributed by atoms with Gasteiger partial charge in [-0.2, -0.15) is 0 Å². The number of nitrogens with zero attached hydrogens (tertiary/aromatic N) is 2. The molecule has 2 rings (SSSR count). The van der Waals surface area contributed by atoms with Crippen LogP contribution in [0.4, 0.5) is 0 Å². The van der Waals surface area contributed by atoms with Crippen molar-refractivity contribution < 1.29 is 8.42 Å². The topological polar surface area (TPSA) is 61.8 Å². The summed E-state index contributed by atoms with van der Waals surface area (Å²) in [4.78, 5) is 7.72. The lowest BCUT2D eigenvalue weighted by Gasteiger charge is -2.23. The fraction of sp³-hybridized carbons (Fsp3) is 0.643. The van der Waals surface area contributed by atoms with Gasteiger partial charge < -0.3 is 10.2 Å². The number of aliphatic imine (C=N–C) groups is 1. The average molecular weight is 457 g/mol. The van der Waals surface area contributed by atoms with E-state index >= 15 is 0 Å². The zero-order valence-corrected chi connectivity index (χ0v) is 17.0. The monoisotopic (exact) mass is 457 g/mol. The van der Waals surface area contributed by atoms with Gasteiger partial charge in [0.1, 0.15) is 0 Å². The van der Waals surface area contributed by atoms with Gasteiger partial charge >= 0.3 is 0 Å². The predicted molar refractivity (Wildman–Crippen MR) is 104 cm³/mol. The number of sulfone groups is 1. The van der Waals surface area contributed by atoms with Crippen molar-refractivity contribution in [3.63, 3.8) is 0 Å². The summed E-state index contributed by atoms with van der Waals surface area (Å²) >= 11 is 1.76. The summed E-state index contributed by atoms with van der Waals surface area (Å²) in [7, 11) is 0.965. The highest BCUT2D eigenvalue weighted by Crippen LogP contribution is 2.17. The normalized spacial score (nSPS) is 20.5. The largest absolute Gasteiger partial charge is 0.356 e. The van der Waals surface area contributed by atoms with Crippen LogP contribution in [0.2, 0.25) is 0 Å². The van der Waals surface area contributed by atoms with Crippen molar-refractivity contribution in [2.75, 3.05) is 38.7 Å². The van der Waals surface area contributed by atoms with Crippen LogP contribution in [0.5, 0.6) is 0 Å². The SMILES string of the molecule is CN=C(NCC1CCS(=O)(=O)C1)N(C)CCc1cccs1.I. The Hall–Kier alpha value is -0.350. The highest BCUT2D eigenvalue weighted by molar-refractivity contribution is 14.0. The van der Waals surface area contributed by atoms with Crippen LogP contribution in [-0.4, -0.2) is 58.0 Å². The first-order valence-electron chi connectivity index (χ1n) is 7.15. The molecular weight excluding hydrogens is 433 g/mol. The lowest BCUT2D eigenvalue weighted by Crippen LogP contribution is -2.42. The number of nitrogens with one attached hydrogen (secondary N) is 1. The molecule has 1 aromatic heterocycles. The van der Waals surface area contributed by atoms with Gasteiger partial charge in [0.15, 0.2) is 15.8 Å². The summed E-state index contributed by atoms with van der Waals surface area (Å²) in [5, 5.41) is 5.38. The van der Waals surface area contributed by atoms with E-state index in [-0.39, 0.29) is 29.9 Å². The fourth-order valence-electron chi connectivity index (χ4n) is 2.49. The molecule has 2 heterocycles. The van der Waals surface area contributed by atoms with Crippen molar-refractivity contribution in [2.24, 2.45) is 10.9 Å². The van der Waals surface area contributed by atoms with Crippen LogP contribution in [0.3, 0.4) is 0 Å². The maximum absolute atomic E-state index is 11.5. The predicted octanol–water partition coefficient (Wildman–Crippen LogP) is 1.85. The van der Waals surface area contributed by atoms with E-state index in [0.717, 1.165) is 25.3 Å². The molecule has 22 heavy (non-hydrogen) atoms. The van der Waals surface area contributed by atoms with Crippen LogP contribution >= 0.6 is 35.3 Å². The minimum Gasteiger partial charge on any atom is -0.356 e. The van der Waals surface area contributed by atoms with Crippen LogP contribution in [0.25, 0.3) is 0 Å². The summed E-state index contributed by atoms with van der Waals surface area (Å²) in [5.41, 5.74) is 0. The summed E-state index contributed by atoms with van der Waals surface area (Å²) in [6.07, 6.45) is 1.75. The number of likely N-dealkylation sites (N-methyl/N-ethyl adjacent to an activating group) is 1. The van der Waals surface area contributed by atoms with E-state index in [9.17, 15) is 8.42 Å². The molecule has 0 amide bonds. The van der Waals surface area contributed by atoms with Crippen molar-refractivity contribution >= 4 is 51.1 Å². The molecule has 1 aliphatic rings. The van der Waals surface area contributed by atoms with E-state index < -0.39 is 9.84 Å². The van der Waals surface area contributed by atoms with Gasteiger partial charge in [0.2, 0.25) is 0 Å². The molecule has 1 unspecified atom stereocenters. The Bertz CT molecular complexity index is 573. The molecule has 1 fully saturated rings. The Morgan fingerprint density at radius 3 is 2.86 bits per heavy atom. The first-order valence-corrected chi connectivity index (χ1v) is 9.85. The minimum atomic E-state index is -2.80. The summed E-state index contributed by atoms with van der Waals surface area (Å²) in [5.74, 6) is 1.66. The molecule has 1 aromatic rings. The minimum absolute atomic E-state index is 0. The van der Waals surface area contributed by atoms with Gasteiger partial charge in [0.25, 0.3) is 0 Å². The molecule has 126 valence electrons. The van der Waals surface area contributed by atoms with Gasteiger partial charge in [-0.15, -0.1) is 35.3 Å². The van der Waals surface area contributed by atoms with Gasteiger partial charge in [0, 0.05) is 32.1 Å². The molecule has 0 aromatic carbocycles. The molecule has 5 nitrogen and oxygen atoms in total. The van der Waals surface area contributed by atoms with Crippen LogP contribution in [0, 0.1) is 5.92 Å². The lowest BCUT2D eigenvalue weighted by atomic mass is 10.1. The molecule has 1 aliphatic heterocycles. The Kier molecular flexibility index (Phi) is 8.12. The van der Waals surface area contributed by atoms with Gasteiger partial charge in [-0.05, 0) is 30.2 Å². The molecule has 0 bridgehead atoms. The summed E-state index contributed by atoms with van der Waals surface area (Å²) in [6.45, 7) is 1.57. The van der Waals surface area contributed by atoms with E-state index in [1.165, 1.54) is 4.88 Å². The van der Waals surface area contributed by atoms with E-state index in [1.807, 2.05) is 7.05 Å². The quantitative estimate of drug-likeness (QED) is 0.417. The second kappa shape index (κ2) is 9.07. The van der Waals surface area contributed by atoms with Crippen LogP contribution in [0.1, 0.15) is 11.3 Å². The van der Waals surface area contributed by atoms with Gasteiger partial charge in [0.05, 0.1) is 11.5 Å². The number of rotatable bonds is 5. The third-order valence-electron chi connectivity index (χ3n) is 3.72. The van der Waals surface area contributed by atoms with E-state index in [4.69, 9.17) is 0 Å². The lowest BCUT2D eigenvalue weighted by molar-refractivity contribution is 0.472. The van der Waals surface area contributed by atoms with Crippen molar-refractivity contribution in [1.82, 2.24) is 10.2 Å². The maximum atomic E-state index is 11.5. The fourth-order valence-corrected chi connectivity index (χ4v) is 5.05. The third kappa shape index (κ3) is 6.04. The molecular formula is C14H24IN3O2S2. The number of hydrogen-bond acceptors (Lipinski definition) is 4. The Morgan fingerprint density at radius 2 is 2.32 bits per heavy atom. The smallest absolute Gasteiger partial charge is 0.193 e. The maximum Gasteiger partial charge on any atom is 0.193 e. The molecule has 0 radical (unpaired) electrons. The first-order chi connectivity index (χ1) is 10.00. The number of halogens is 1. The Morgan fingerprint density at radius 1 is 1.55 bits per heavy atom. The number of hydrogen-bond donors (Lipinski definition) is 1. The zero-order valence-electron chi connectivity index (χ0n) is 13.0. The molecule has 1 N–H and O–H groups in total. The molecule has 8 heteroatoms. The zero-order chi connectivity index (χ0) is 15.3. The third-order valence-corrected chi connectivity index (χ3v) is 6.50. The highest BCUT2D eigenvalue weighted by atomic mass is 127. The van der Waals surface area contributed by atoms with Crippen LogP contribution in [0.15, 0.2) is 22.5 Å². The van der Waals surface area contributed by atoms with Crippen molar-refractivity contribution in [3.8, 4) is 0 Å². The molecule has 0 aliphatic carbocycles. The second-order valence-electron chi connectivity index (χ2n) is 5.45. The molecule has 0 saturated carbocycles. The number of guanidine groups is 1. The standard InChI is InChI=1S/C14H23N3O2S2.HI/c1-15-14(16-10-12-6-9-21(18,19)11-12)17(2)7-5-13-4-3-8-20-13;/h3-4,8,12H,5-7,9-11H2,1-2H3,(H,15,16);1H. The van der Waals surface area contributed by atoms with E-state index in [1.54, 1.807) is 18.4 Å². The van der Waals surface area contributed by atoms with Gasteiger partial charge in [-0.3, -0.25) is 4.99 Å². The van der Waals surface area contributed by atoms with E-state index in [0.29, 0.717) is 18.1 Å². The summed E-state index contributed by atoms with van der Waals surface area (Å²) in [6, 6.07) is 4.20. The van der Waals surface area contributed by atoms with Crippen LogP contribution < -0.4 is 5.32 Å². The van der Waals surface area contributed by atoms with Crippen molar-refractivity contribution in [3.05, 3.63) is 22.4 Å². The first kappa shape index (κ1) is 19.7. The van der Waals surface area contributed by atoms with Crippen molar-refractivity contribution in [1.29, 1.82) is 0 Å². The number of thiophene rings is 1. The van der Waals surface area contributed by atoms with Crippen molar-refractivity contribution in [2.45, 2.75) is 12.8 Å². The molecule has 1 atom stereocenters. The Balaban J connectivity index is 0.00000242. The molecule has 1 saturated heterocycles. The van der Waals surface area contributed by atoms with Crippen LogP contribution in [-0.2, 0) is 16.3 Å². The second-order valence-corrected chi connectivity index (χ2v) is 8.71. The summed E-state index contributed by atoms with van der Waals surface area (Å²) < 4.78 is 22.9. The van der Waals surface area contributed by atoms with E-state index in [2.05, 4.69) is 32.7 Å². The highest BCUT2D eigenvalue weighted by Gasteiger charge is 2.27. The average Bonchev–Trinajstić information content (AvgIpc) is 3.06.